The van der Waals surface area contributed by atoms with Crippen LogP contribution in [0.1, 0.15) is 58.5 Å². The molecule has 0 aromatic carbocycles. The standard InChI is InChI=1S/C24H25F6N5O4S/c1-10(23(25,26)27)32-17-6-14(24(28,29)30)13(7-31-17)19-18(22(38)35-11-2-3-12(35)5-4-11)34-21(40-19)20(37)33-15-8-39-9-16(15)36/h6-7,10-12,15-16,36H,2-5,8-9H2,1H3,(H,31,32)(H,33,37)/t10?,11-,12+,15-,16+/m0/s1. The van der Waals surface area contributed by atoms with Crippen molar-refractivity contribution < 1.29 is 45.8 Å². The Kier molecular flexibility index (Phi) is 7.46. The number of rotatable bonds is 6. The van der Waals surface area contributed by atoms with E-state index in [1.165, 1.54) is 0 Å². The van der Waals surface area contributed by atoms with E-state index in [0.29, 0.717) is 17.4 Å². The van der Waals surface area contributed by atoms with Crippen molar-refractivity contribution in [2.24, 2.45) is 0 Å². The second-order valence-corrected chi connectivity index (χ2v) is 11.1. The molecule has 2 bridgehead atoms. The van der Waals surface area contributed by atoms with Gasteiger partial charge in [-0.2, -0.15) is 26.3 Å². The number of aliphatic hydroxyl groups is 1. The van der Waals surface area contributed by atoms with E-state index in [0.717, 1.165) is 38.8 Å². The molecule has 16 heteroatoms. The van der Waals surface area contributed by atoms with Gasteiger partial charge in [0.25, 0.3) is 11.8 Å². The number of anilines is 1. The third-order valence-electron chi connectivity index (χ3n) is 7.39. The first kappa shape index (κ1) is 28.5. The average Bonchev–Trinajstić information content (AvgIpc) is 3.67. The van der Waals surface area contributed by atoms with E-state index in [4.69, 9.17) is 4.74 Å². The Morgan fingerprint density at radius 3 is 2.33 bits per heavy atom. The molecule has 2 amide bonds. The molecule has 5 heterocycles. The number of nitrogens with one attached hydrogen (secondary N) is 2. The lowest BCUT2D eigenvalue weighted by Crippen LogP contribution is -2.42. The molecule has 5 rings (SSSR count). The molecule has 218 valence electrons. The summed E-state index contributed by atoms with van der Waals surface area (Å²) in [4.78, 5) is 35.9. The van der Waals surface area contributed by atoms with Gasteiger partial charge in [-0.05, 0) is 38.7 Å². The van der Waals surface area contributed by atoms with Crippen molar-refractivity contribution in [1.29, 1.82) is 0 Å². The van der Waals surface area contributed by atoms with E-state index in [-0.39, 0.29) is 40.9 Å². The van der Waals surface area contributed by atoms with Crippen molar-refractivity contribution >= 4 is 29.0 Å². The second-order valence-electron chi connectivity index (χ2n) is 10.1. The monoisotopic (exact) mass is 593 g/mol. The number of carbonyl (C=O) groups is 2. The van der Waals surface area contributed by atoms with Crippen LogP contribution in [0.15, 0.2) is 12.3 Å². The summed E-state index contributed by atoms with van der Waals surface area (Å²) < 4.78 is 86.8. The first-order valence-electron chi connectivity index (χ1n) is 12.5. The van der Waals surface area contributed by atoms with Gasteiger partial charge in [0.1, 0.15) is 17.6 Å². The smallest absolute Gasteiger partial charge is 0.388 e. The molecule has 2 aromatic heterocycles. The SMILES string of the molecule is CC(Nc1cc(C(F)(F)F)c(-c2sc(C(=O)N[C@H]3COC[C@H]3O)nc2C(=O)N2[C@H]3CC[C@@H]2CC3)cn1)C(F)(F)F. The first-order chi connectivity index (χ1) is 18.7. The van der Waals surface area contributed by atoms with Gasteiger partial charge in [0.15, 0.2) is 5.01 Å². The maximum Gasteiger partial charge on any atom is 0.417 e. The number of nitrogens with zero attached hydrogens (tertiary/aromatic N) is 3. The average molecular weight is 594 g/mol. The van der Waals surface area contributed by atoms with Crippen LogP contribution in [0, 0.1) is 0 Å². The fourth-order valence-corrected chi connectivity index (χ4v) is 6.26. The number of fused-ring (bicyclic) bond motifs is 2. The Bertz CT molecular complexity index is 1280. The van der Waals surface area contributed by atoms with Gasteiger partial charge in [-0.15, -0.1) is 11.3 Å². The molecular formula is C24H25F6N5O4S. The summed E-state index contributed by atoms with van der Waals surface area (Å²) in [6.07, 6.45) is -7.05. The molecule has 3 fully saturated rings. The zero-order chi connectivity index (χ0) is 29.0. The number of pyridine rings is 1. The minimum atomic E-state index is -5.04. The van der Waals surface area contributed by atoms with E-state index in [1.54, 1.807) is 4.90 Å². The Morgan fingerprint density at radius 2 is 1.77 bits per heavy atom. The van der Waals surface area contributed by atoms with Gasteiger partial charge in [-0.3, -0.25) is 9.59 Å². The highest BCUT2D eigenvalue weighted by Crippen LogP contribution is 2.44. The molecule has 0 saturated carbocycles. The van der Waals surface area contributed by atoms with Gasteiger partial charge >= 0.3 is 12.4 Å². The fourth-order valence-electron chi connectivity index (χ4n) is 5.28. The van der Waals surface area contributed by atoms with E-state index in [1.807, 2.05) is 5.32 Å². The van der Waals surface area contributed by atoms with Crippen LogP contribution in [0.2, 0.25) is 0 Å². The molecule has 0 radical (unpaired) electrons. The number of aliphatic hydroxyl groups excluding tert-OH is 1. The van der Waals surface area contributed by atoms with Crippen LogP contribution < -0.4 is 10.6 Å². The number of carbonyl (C=O) groups excluding carboxylic acids is 2. The number of amides is 2. The normalized spacial score (nSPS) is 25.4. The minimum Gasteiger partial charge on any atom is -0.388 e. The Labute approximate surface area is 227 Å². The Hall–Kier alpha value is -2.98. The van der Waals surface area contributed by atoms with Crippen LogP contribution >= 0.6 is 11.3 Å². The van der Waals surface area contributed by atoms with Gasteiger partial charge in [0, 0.05) is 23.8 Å². The molecule has 3 atom stereocenters. The summed E-state index contributed by atoms with van der Waals surface area (Å²) in [5, 5.41) is 14.1. The quantitative estimate of drug-likeness (QED) is 0.436. The largest absolute Gasteiger partial charge is 0.417 e. The summed E-state index contributed by atoms with van der Waals surface area (Å²) in [6.45, 7) is 0.745. The number of halogens is 6. The molecule has 3 N–H and O–H groups in total. The van der Waals surface area contributed by atoms with Gasteiger partial charge in [-0.25, -0.2) is 9.97 Å². The van der Waals surface area contributed by atoms with Crippen molar-refractivity contribution in [2.45, 2.75) is 75.2 Å². The molecule has 0 aliphatic carbocycles. The van der Waals surface area contributed by atoms with Gasteiger partial charge in [-0.1, -0.05) is 0 Å². The van der Waals surface area contributed by atoms with Crippen LogP contribution in [0.25, 0.3) is 10.4 Å². The highest BCUT2D eigenvalue weighted by atomic mass is 32.1. The lowest BCUT2D eigenvalue weighted by Gasteiger charge is -2.22. The Balaban J connectivity index is 1.56. The van der Waals surface area contributed by atoms with Crippen molar-refractivity contribution in [1.82, 2.24) is 20.2 Å². The lowest BCUT2D eigenvalue weighted by atomic mass is 10.0. The molecule has 9 nitrogen and oxygen atoms in total. The predicted octanol–water partition coefficient (Wildman–Crippen LogP) is 3.84. The van der Waals surface area contributed by atoms with E-state index in [2.05, 4.69) is 15.3 Å². The number of hydrogen-bond donors (Lipinski definition) is 3. The molecule has 3 saturated heterocycles. The summed E-state index contributed by atoms with van der Waals surface area (Å²) >= 11 is 0.536. The van der Waals surface area contributed by atoms with Crippen molar-refractivity contribution in [2.75, 3.05) is 18.5 Å². The van der Waals surface area contributed by atoms with Crippen molar-refractivity contribution in [3.63, 3.8) is 0 Å². The first-order valence-corrected chi connectivity index (χ1v) is 13.4. The highest BCUT2D eigenvalue weighted by Gasteiger charge is 2.45. The third kappa shape index (κ3) is 5.48. The number of alkyl halides is 6. The second kappa shape index (κ2) is 10.4. The third-order valence-corrected chi connectivity index (χ3v) is 8.48. The van der Waals surface area contributed by atoms with E-state index >= 15 is 0 Å². The van der Waals surface area contributed by atoms with Gasteiger partial charge in [0.05, 0.1) is 35.8 Å². The van der Waals surface area contributed by atoms with Crippen molar-refractivity contribution in [3.8, 4) is 10.4 Å². The number of thiazole rings is 1. The summed E-state index contributed by atoms with van der Waals surface area (Å²) in [5.74, 6) is -2.10. The molecule has 40 heavy (non-hydrogen) atoms. The number of aromatic nitrogens is 2. The van der Waals surface area contributed by atoms with Crippen LogP contribution in [-0.4, -0.2) is 81.5 Å². The van der Waals surface area contributed by atoms with Crippen LogP contribution in [0.5, 0.6) is 0 Å². The van der Waals surface area contributed by atoms with Crippen LogP contribution in [0.3, 0.4) is 0 Å². The summed E-state index contributed by atoms with van der Waals surface area (Å²) in [7, 11) is 0. The molecule has 3 aliphatic rings. The van der Waals surface area contributed by atoms with Crippen LogP contribution in [0.4, 0.5) is 32.2 Å². The van der Waals surface area contributed by atoms with Gasteiger partial charge < -0.3 is 25.4 Å². The number of hydrogen-bond acceptors (Lipinski definition) is 8. The molecule has 3 aliphatic heterocycles. The van der Waals surface area contributed by atoms with E-state index < -0.39 is 59.3 Å². The zero-order valence-corrected chi connectivity index (χ0v) is 21.8. The lowest BCUT2D eigenvalue weighted by molar-refractivity contribution is -0.138. The molecule has 0 spiro atoms. The predicted molar refractivity (Wildman–Crippen MR) is 130 cm³/mol. The molecule has 1 unspecified atom stereocenters. The summed E-state index contributed by atoms with van der Waals surface area (Å²) in [6, 6.07) is -2.70. The summed E-state index contributed by atoms with van der Waals surface area (Å²) in [5.41, 5.74) is -2.30. The molecular weight excluding hydrogens is 568 g/mol. The fraction of sp³-hybridized carbons (Fsp3) is 0.583. The van der Waals surface area contributed by atoms with Gasteiger partial charge in [0.2, 0.25) is 0 Å². The number of ether oxygens (including phenoxy) is 1. The maximum absolute atomic E-state index is 14.2. The topological polar surface area (TPSA) is 117 Å². The minimum absolute atomic E-state index is 0.0104. The van der Waals surface area contributed by atoms with E-state index in [9.17, 15) is 41.0 Å². The van der Waals surface area contributed by atoms with Crippen LogP contribution in [-0.2, 0) is 10.9 Å². The molecule has 2 aromatic rings. The Morgan fingerprint density at radius 1 is 1.12 bits per heavy atom. The maximum atomic E-state index is 14.2. The van der Waals surface area contributed by atoms with Crippen molar-refractivity contribution in [3.05, 3.63) is 28.5 Å². The zero-order valence-electron chi connectivity index (χ0n) is 21.0. The highest BCUT2D eigenvalue weighted by molar-refractivity contribution is 7.17.